The first-order chi connectivity index (χ1) is 32.2. The van der Waals surface area contributed by atoms with Crippen LogP contribution in [0.3, 0.4) is 0 Å². The summed E-state index contributed by atoms with van der Waals surface area (Å²) >= 11 is 0. The molecule has 4 heterocycles. The number of nitrogens with zero attached hydrogens (tertiary/aromatic N) is 3. The fourth-order valence-corrected chi connectivity index (χ4v) is 10.1. The summed E-state index contributed by atoms with van der Waals surface area (Å²) < 4.78 is 25.5. The second-order valence-electron chi connectivity index (χ2n) is 16.7. The minimum absolute atomic E-state index is 0.536. The smallest absolute Gasteiger partial charge is 0.170 e. The van der Waals surface area contributed by atoms with Crippen molar-refractivity contribution in [1.29, 1.82) is 0 Å². The summed E-state index contributed by atoms with van der Waals surface area (Å²) in [7, 11) is 0. The Bertz CT molecular complexity index is 3740. The summed E-state index contributed by atoms with van der Waals surface area (Å²) in [5.74, 6) is 4.36. The third-order valence-electron chi connectivity index (χ3n) is 13.1. The van der Waals surface area contributed by atoms with Crippen LogP contribution in [-0.4, -0.2) is 15.0 Å². The molecular weight excluding hydrogens is 803 g/mol. The normalized spacial score (nSPS) is 13.3. The summed E-state index contributed by atoms with van der Waals surface area (Å²) in [5.41, 5.74) is 12.0. The van der Waals surface area contributed by atoms with Crippen molar-refractivity contribution in [3.8, 4) is 68.3 Å². The van der Waals surface area contributed by atoms with Gasteiger partial charge in [0.2, 0.25) is 0 Å². The van der Waals surface area contributed by atoms with E-state index in [0.29, 0.717) is 40.5 Å². The molecule has 0 unspecified atom stereocenters. The maximum absolute atomic E-state index is 6.53. The summed E-state index contributed by atoms with van der Waals surface area (Å²) in [5, 5.41) is 4.21. The molecule has 7 heteroatoms. The monoisotopic (exact) mass is 835 g/mol. The Balaban J connectivity index is 0.939. The third-order valence-corrected chi connectivity index (χ3v) is 13.1. The van der Waals surface area contributed by atoms with E-state index in [-0.39, 0.29) is 0 Å². The van der Waals surface area contributed by atoms with E-state index in [1.807, 2.05) is 78.9 Å². The Morgan fingerprint density at radius 1 is 0.308 bits per heavy atom. The molecule has 1 aliphatic carbocycles. The molecule has 0 fully saturated rings. The van der Waals surface area contributed by atoms with Crippen molar-refractivity contribution in [2.75, 3.05) is 0 Å². The number of furan rings is 2. The average molecular weight is 836 g/mol. The van der Waals surface area contributed by atoms with Crippen LogP contribution in [-0.2, 0) is 5.41 Å². The second kappa shape index (κ2) is 13.6. The van der Waals surface area contributed by atoms with Crippen LogP contribution in [0.2, 0.25) is 0 Å². The van der Waals surface area contributed by atoms with Crippen LogP contribution in [0.1, 0.15) is 22.3 Å². The zero-order valence-corrected chi connectivity index (χ0v) is 34.5. The fourth-order valence-electron chi connectivity index (χ4n) is 10.1. The van der Waals surface area contributed by atoms with Crippen molar-refractivity contribution in [3.05, 3.63) is 222 Å². The van der Waals surface area contributed by atoms with E-state index in [0.717, 1.165) is 71.7 Å². The largest absolute Gasteiger partial charge is 0.456 e. The zero-order chi connectivity index (χ0) is 42.6. The number of para-hydroxylation sites is 4. The lowest BCUT2D eigenvalue weighted by atomic mass is 9.67. The van der Waals surface area contributed by atoms with Gasteiger partial charge in [-0.25, -0.2) is 15.0 Å². The summed E-state index contributed by atoms with van der Waals surface area (Å²) in [6, 6.07) is 68.7. The number of aromatic nitrogens is 3. The van der Waals surface area contributed by atoms with Crippen LogP contribution >= 0.6 is 0 Å². The highest BCUT2D eigenvalue weighted by Gasteiger charge is 2.46. The number of hydrogen-bond donors (Lipinski definition) is 0. The van der Waals surface area contributed by atoms with E-state index in [2.05, 4.69) is 121 Å². The van der Waals surface area contributed by atoms with Crippen LogP contribution in [0.4, 0.5) is 0 Å². The highest BCUT2D eigenvalue weighted by Crippen LogP contribution is 2.58. The van der Waals surface area contributed by atoms with Crippen LogP contribution in [0, 0.1) is 0 Å². The standard InChI is InChI=1S/C58H33N3O4/c1-5-15-45-39(11-1)40-12-2-6-16-46(40)58(45,38-27-30-51-54(33-38)65-50-20-10-9-19-49(50)64-51)37-25-21-34(22-26-37)55-59-56(35-23-28-43-41-13-3-7-17-47(41)62-52(43)31-35)61-57(60-55)36-24-29-44-42-14-4-8-18-48(42)63-53(44)32-36/h1-33H. The molecule has 14 rings (SSSR count). The van der Waals surface area contributed by atoms with E-state index in [9.17, 15) is 0 Å². The Labute approximate surface area is 371 Å². The van der Waals surface area contributed by atoms with E-state index in [1.165, 1.54) is 22.3 Å². The first kappa shape index (κ1) is 35.8. The zero-order valence-electron chi connectivity index (χ0n) is 34.5. The Morgan fingerprint density at radius 2 is 0.738 bits per heavy atom. The maximum atomic E-state index is 6.53. The molecule has 65 heavy (non-hydrogen) atoms. The molecule has 1 aliphatic heterocycles. The van der Waals surface area contributed by atoms with Gasteiger partial charge in [-0.1, -0.05) is 140 Å². The van der Waals surface area contributed by atoms with E-state index in [4.69, 9.17) is 33.3 Å². The summed E-state index contributed by atoms with van der Waals surface area (Å²) in [4.78, 5) is 15.5. The molecule has 0 N–H and O–H groups in total. The predicted octanol–water partition coefficient (Wildman–Crippen LogP) is 14.9. The highest BCUT2D eigenvalue weighted by atomic mass is 16.6. The molecule has 2 aliphatic rings. The average Bonchev–Trinajstić information content (AvgIpc) is 4.03. The highest BCUT2D eigenvalue weighted by molar-refractivity contribution is 6.07. The van der Waals surface area contributed by atoms with Crippen molar-refractivity contribution >= 4 is 43.9 Å². The maximum Gasteiger partial charge on any atom is 0.170 e. The van der Waals surface area contributed by atoms with Gasteiger partial charge in [-0.3, -0.25) is 0 Å². The van der Waals surface area contributed by atoms with Gasteiger partial charge in [-0.05, 0) is 94.0 Å². The van der Waals surface area contributed by atoms with Gasteiger partial charge in [0.25, 0.3) is 0 Å². The quantitative estimate of drug-likeness (QED) is 0.171. The lowest BCUT2D eigenvalue weighted by Gasteiger charge is -2.34. The van der Waals surface area contributed by atoms with Gasteiger partial charge in [-0.15, -0.1) is 0 Å². The first-order valence-electron chi connectivity index (χ1n) is 21.6. The van der Waals surface area contributed by atoms with E-state index >= 15 is 0 Å². The Morgan fingerprint density at radius 3 is 1.32 bits per heavy atom. The molecule has 0 atom stereocenters. The molecule has 7 nitrogen and oxygen atoms in total. The molecule has 0 amide bonds. The van der Waals surface area contributed by atoms with Crippen LogP contribution in [0.25, 0.3) is 89.2 Å². The lowest BCUT2D eigenvalue weighted by molar-refractivity contribution is 0.359. The molecule has 0 saturated heterocycles. The fraction of sp³-hybridized carbons (Fsp3) is 0.0172. The molecular formula is C58H33N3O4. The van der Waals surface area contributed by atoms with Crippen molar-refractivity contribution in [2.45, 2.75) is 5.41 Å². The molecule has 0 spiro atoms. The number of fused-ring (bicyclic) bond motifs is 11. The van der Waals surface area contributed by atoms with Gasteiger partial charge < -0.3 is 18.3 Å². The summed E-state index contributed by atoms with van der Waals surface area (Å²) in [6.45, 7) is 0. The Hall–Kier alpha value is -8.81. The molecule has 0 bridgehead atoms. The first-order valence-corrected chi connectivity index (χ1v) is 21.6. The van der Waals surface area contributed by atoms with Crippen molar-refractivity contribution in [3.63, 3.8) is 0 Å². The molecule has 3 aromatic heterocycles. The Kier molecular flexibility index (Phi) is 7.48. The SMILES string of the molecule is c1ccc2c(c1)Oc1ccc(C3(c4ccc(-c5nc(-c6ccc7c(c6)oc6ccccc67)nc(-c6ccc7c(c6)oc6ccccc67)n5)cc4)c4ccccc4-c4ccccc43)cc1O2. The van der Waals surface area contributed by atoms with Crippen molar-refractivity contribution < 1.29 is 18.3 Å². The van der Waals surface area contributed by atoms with Gasteiger partial charge in [0.05, 0.1) is 5.41 Å². The van der Waals surface area contributed by atoms with Gasteiger partial charge in [0.1, 0.15) is 22.3 Å². The van der Waals surface area contributed by atoms with Crippen LogP contribution in [0.15, 0.2) is 209 Å². The minimum atomic E-state index is -0.680. The van der Waals surface area contributed by atoms with Gasteiger partial charge >= 0.3 is 0 Å². The molecule has 304 valence electrons. The molecule has 12 aromatic rings. The number of benzene rings is 9. The van der Waals surface area contributed by atoms with Crippen LogP contribution in [0.5, 0.6) is 23.0 Å². The van der Waals surface area contributed by atoms with Crippen LogP contribution < -0.4 is 9.47 Å². The number of ether oxygens (including phenoxy) is 2. The minimum Gasteiger partial charge on any atom is -0.456 e. The van der Waals surface area contributed by atoms with Crippen molar-refractivity contribution in [1.82, 2.24) is 15.0 Å². The summed E-state index contributed by atoms with van der Waals surface area (Å²) in [6.07, 6.45) is 0. The number of hydrogen-bond acceptors (Lipinski definition) is 7. The predicted molar refractivity (Wildman–Crippen MR) is 255 cm³/mol. The second-order valence-corrected chi connectivity index (χ2v) is 16.7. The van der Waals surface area contributed by atoms with Gasteiger partial charge in [-0.2, -0.15) is 0 Å². The van der Waals surface area contributed by atoms with Gasteiger partial charge in [0, 0.05) is 38.2 Å². The molecule has 9 aromatic carbocycles. The topological polar surface area (TPSA) is 83.4 Å². The lowest BCUT2D eigenvalue weighted by Crippen LogP contribution is -2.28. The van der Waals surface area contributed by atoms with Gasteiger partial charge in [0.15, 0.2) is 40.5 Å². The van der Waals surface area contributed by atoms with Crippen molar-refractivity contribution in [2.24, 2.45) is 0 Å². The third kappa shape index (κ3) is 5.33. The van der Waals surface area contributed by atoms with E-state index in [1.54, 1.807) is 0 Å². The molecule has 0 saturated carbocycles. The molecule has 0 radical (unpaired) electrons. The number of rotatable bonds is 5. The van der Waals surface area contributed by atoms with E-state index < -0.39 is 5.41 Å².